The van der Waals surface area contributed by atoms with Crippen LogP contribution in [-0.4, -0.2) is 19.8 Å². The van der Waals surface area contributed by atoms with E-state index in [2.05, 4.69) is 0 Å². The summed E-state index contributed by atoms with van der Waals surface area (Å²) >= 11 is 0. The molecule has 19 heavy (non-hydrogen) atoms. The van der Waals surface area contributed by atoms with Gasteiger partial charge >= 0.3 is 7.82 Å². The van der Waals surface area contributed by atoms with Crippen molar-refractivity contribution in [2.45, 2.75) is 13.8 Å². The third kappa shape index (κ3) is 3.38. The Balaban J connectivity index is 2.22. The van der Waals surface area contributed by atoms with Gasteiger partial charge in [-0.2, -0.15) is 0 Å². The third-order valence-electron chi connectivity index (χ3n) is 2.44. The quantitative estimate of drug-likeness (QED) is 0.747. The van der Waals surface area contributed by atoms with E-state index >= 15 is 0 Å². The van der Waals surface area contributed by atoms with Gasteiger partial charge in [0.25, 0.3) is 0 Å². The summed E-state index contributed by atoms with van der Waals surface area (Å²) in [6.07, 6.45) is 1.72. The molecule has 2 rings (SSSR count). The summed E-state index contributed by atoms with van der Waals surface area (Å²) in [5.74, 6) is 1.16. The number of fused-ring (bicyclic) bond motifs is 1. The Hall–Kier alpha value is -1.29. The number of hydrogen-bond donors (Lipinski definition) is 0. The first-order chi connectivity index (χ1) is 9.18. The minimum atomic E-state index is -3.57. The van der Waals surface area contributed by atoms with Gasteiger partial charge in [0.05, 0.1) is 18.8 Å². The van der Waals surface area contributed by atoms with Gasteiger partial charge in [-0.25, -0.2) is 4.57 Å². The summed E-state index contributed by atoms with van der Waals surface area (Å²) in [5, 5.41) is 0. The first kappa shape index (κ1) is 14.1. The lowest BCUT2D eigenvalue weighted by Gasteiger charge is -2.22. The normalized spacial score (nSPS) is 14.3. The van der Waals surface area contributed by atoms with E-state index in [9.17, 15) is 4.57 Å². The van der Waals surface area contributed by atoms with E-state index in [1.807, 2.05) is 24.3 Å². The highest BCUT2D eigenvalue weighted by atomic mass is 31.2. The molecule has 0 N–H and O–H groups in total. The molecular formula is C13H17O5P. The van der Waals surface area contributed by atoms with Gasteiger partial charge < -0.3 is 9.26 Å². The van der Waals surface area contributed by atoms with Crippen molar-refractivity contribution in [2.75, 3.05) is 19.8 Å². The number of phosphoric acid groups is 1. The van der Waals surface area contributed by atoms with Crippen molar-refractivity contribution in [3.8, 4) is 5.75 Å². The van der Waals surface area contributed by atoms with Crippen molar-refractivity contribution in [3.63, 3.8) is 0 Å². The highest BCUT2D eigenvalue weighted by molar-refractivity contribution is 7.48. The first-order valence-electron chi connectivity index (χ1n) is 6.19. The van der Waals surface area contributed by atoms with Crippen LogP contribution in [0.15, 0.2) is 30.3 Å². The third-order valence-corrected chi connectivity index (χ3v) is 4.01. The second-order valence-corrected chi connectivity index (χ2v) is 5.34. The minimum Gasteiger partial charge on any atom is -0.489 e. The van der Waals surface area contributed by atoms with Gasteiger partial charge in [-0.05, 0) is 32.1 Å². The molecule has 0 spiro atoms. The van der Waals surface area contributed by atoms with Crippen molar-refractivity contribution < 1.29 is 22.9 Å². The molecular weight excluding hydrogens is 267 g/mol. The predicted octanol–water partition coefficient (Wildman–Crippen LogP) is 3.62. The molecule has 0 unspecified atom stereocenters. The molecule has 0 fully saturated rings. The summed E-state index contributed by atoms with van der Waals surface area (Å²) in [6, 6.07) is 7.39. The number of para-hydroxylation sites is 1. The Morgan fingerprint density at radius 1 is 1.21 bits per heavy atom. The molecule has 0 aliphatic carbocycles. The summed E-state index contributed by atoms with van der Waals surface area (Å²) in [6.45, 7) is 4.35. The first-order valence-corrected chi connectivity index (χ1v) is 7.65. The van der Waals surface area contributed by atoms with Crippen LogP contribution in [0, 0.1) is 0 Å². The molecule has 0 atom stereocenters. The second-order valence-electron chi connectivity index (χ2n) is 3.75. The summed E-state index contributed by atoms with van der Waals surface area (Å²) in [4.78, 5) is 0. The molecule has 0 radical (unpaired) electrons. The molecule has 104 valence electrons. The fraction of sp³-hybridized carbons (Fsp3) is 0.385. The van der Waals surface area contributed by atoms with Gasteiger partial charge in [-0.15, -0.1) is 0 Å². The van der Waals surface area contributed by atoms with Gasteiger partial charge in [-0.1, -0.05) is 12.1 Å². The molecule has 0 saturated heterocycles. The van der Waals surface area contributed by atoms with Gasteiger partial charge in [-0.3, -0.25) is 9.05 Å². The van der Waals surface area contributed by atoms with Crippen LogP contribution in [-0.2, 0) is 18.1 Å². The zero-order valence-electron chi connectivity index (χ0n) is 11.0. The monoisotopic (exact) mass is 284 g/mol. The second kappa shape index (κ2) is 6.24. The molecule has 0 saturated carbocycles. The summed E-state index contributed by atoms with van der Waals surface area (Å²) in [7, 11) is -3.57. The smallest absolute Gasteiger partial charge is 0.489 e. The summed E-state index contributed by atoms with van der Waals surface area (Å²) < 4.78 is 33.5. The maximum absolute atomic E-state index is 12.3. The van der Waals surface area contributed by atoms with Gasteiger partial charge in [0.2, 0.25) is 0 Å². The van der Waals surface area contributed by atoms with Crippen molar-refractivity contribution in [2.24, 2.45) is 0 Å². The lowest BCUT2D eigenvalue weighted by atomic mass is 10.1. The molecule has 1 aromatic rings. The summed E-state index contributed by atoms with van der Waals surface area (Å²) in [5.41, 5.74) is 0.744. The highest BCUT2D eigenvalue weighted by Crippen LogP contribution is 2.53. The van der Waals surface area contributed by atoms with Crippen molar-refractivity contribution in [3.05, 3.63) is 35.9 Å². The molecule has 0 aromatic heterocycles. The van der Waals surface area contributed by atoms with Crippen molar-refractivity contribution >= 4 is 13.6 Å². The maximum atomic E-state index is 12.3. The molecule has 1 heterocycles. The molecule has 6 heteroatoms. The van der Waals surface area contributed by atoms with Crippen molar-refractivity contribution in [1.29, 1.82) is 0 Å². The average Bonchev–Trinajstić information content (AvgIpc) is 2.39. The molecule has 1 aromatic carbocycles. The van der Waals surface area contributed by atoms with E-state index in [0.29, 0.717) is 18.1 Å². The zero-order chi connectivity index (χ0) is 13.7. The lowest BCUT2D eigenvalue weighted by molar-refractivity contribution is 0.158. The van der Waals surface area contributed by atoms with Gasteiger partial charge in [0.1, 0.15) is 18.1 Å². The fourth-order valence-corrected chi connectivity index (χ4v) is 2.95. The Labute approximate surface area is 112 Å². The maximum Gasteiger partial charge on any atom is 0.530 e. The average molecular weight is 284 g/mol. The lowest BCUT2D eigenvalue weighted by Crippen LogP contribution is -2.07. The van der Waals surface area contributed by atoms with Crippen LogP contribution in [0.1, 0.15) is 19.4 Å². The minimum absolute atomic E-state index is 0.253. The SMILES string of the molecule is CCOP(=O)(OCC)OC1=CCOc2ccccc21. The van der Waals surface area contributed by atoms with Crippen LogP contribution < -0.4 is 4.74 Å². The largest absolute Gasteiger partial charge is 0.530 e. The fourth-order valence-electron chi connectivity index (χ4n) is 1.73. The topological polar surface area (TPSA) is 54.0 Å². The van der Waals surface area contributed by atoms with E-state index in [-0.39, 0.29) is 13.2 Å². The van der Waals surface area contributed by atoms with Crippen LogP contribution in [0.4, 0.5) is 0 Å². The highest BCUT2D eigenvalue weighted by Gasteiger charge is 2.30. The zero-order valence-corrected chi connectivity index (χ0v) is 11.9. The van der Waals surface area contributed by atoms with E-state index < -0.39 is 7.82 Å². The van der Waals surface area contributed by atoms with Crippen LogP contribution in [0.2, 0.25) is 0 Å². The van der Waals surface area contributed by atoms with Crippen LogP contribution in [0.3, 0.4) is 0 Å². The van der Waals surface area contributed by atoms with Crippen LogP contribution in [0.5, 0.6) is 5.75 Å². The van der Waals surface area contributed by atoms with Gasteiger partial charge in [0, 0.05) is 0 Å². The Morgan fingerprint density at radius 2 is 1.89 bits per heavy atom. The molecule has 5 nitrogen and oxygen atoms in total. The molecule has 1 aliphatic heterocycles. The number of phosphoric ester groups is 1. The van der Waals surface area contributed by atoms with E-state index in [0.717, 1.165) is 5.56 Å². The van der Waals surface area contributed by atoms with Crippen LogP contribution >= 0.6 is 7.82 Å². The Bertz CT molecular complexity index is 502. The number of benzene rings is 1. The molecule has 0 amide bonds. The standard InChI is InChI=1S/C13H17O5P/c1-3-16-19(14,17-4-2)18-13-9-10-15-12-8-6-5-7-11(12)13/h5-9H,3-4,10H2,1-2H3. The number of ether oxygens (including phenoxy) is 1. The van der Waals surface area contributed by atoms with E-state index in [4.69, 9.17) is 18.3 Å². The predicted molar refractivity (Wildman–Crippen MR) is 71.9 cm³/mol. The van der Waals surface area contributed by atoms with Crippen molar-refractivity contribution in [1.82, 2.24) is 0 Å². The molecule has 0 bridgehead atoms. The van der Waals surface area contributed by atoms with Gasteiger partial charge in [0.15, 0.2) is 0 Å². The Morgan fingerprint density at radius 3 is 2.58 bits per heavy atom. The van der Waals surface area contributed by atoms with E-state index in [1.54, 1.807) is 19.9 Å². The Kier molecular flexibility index (Phi) is 4.64. The van der Waals surface area contributed by atoms with E-state index in [1.165, 1.54) is 0 Å². The molecule has 1 aliphatic rings. The van der Waals surface area contributed by atoms with Crippen LogP contribution in [0.25, 0.3) is 5.76 Å². The number of hydrogen-bond acceptors (Lipinski definition) is 5. The number of rotatable bonds is 6.